The number of aromatic nitrogens is 3. The molecule has 144 valence electrons. The molecular formula is C22H24N4O2. The quantitative estimate of drug-likeness (QED) is 0.698. The van der Waals surface area contributed by atoms with E-state index >= 15 is 0 Å². The third kappa shape index (κ3) is 3.76. The van der Waals surface area contributed by atoms with Crippen molar-refractivity contribution in [2.75, 3.05) is 13.1 Å². The van der Waals surface area contributed by atoms with E-state index in [1.165, 1.54) is 0 Å². The summed E-state index contributed by atoms with van der Waals surface area (Å²) in [5.41, 5.74) is 3.45. The fourth-order valence-corrected chi connectivity index (χ4v) is 3.65. The maximum Gasteiger partial charge on any atom is 0.256 e. The summed E-state index contributed by atoms with van der Waals surface area (Å²) >= 11 is 0. The molecule has 0 bridgehead atoms. The summed E-state index contributed by atoms with van der Waals surface area (Å²) in [6, 6.07) is 15.3. The summed E-state index contributed by atoms with van der Waals surface area (Å²) in [4.78, 5) is 19.3. The molecule has 1 aliphatic rings. The molecule has 0 N–H and O–H groups in total. The van der Waals surface area contributed by atoms with Gasteiger partial charge in [-0.1, -0.05) is 18.2 Å². The topological polar surface area (TPSA) is 60.2 Å². The molecule has 6 nitrogen and oxygen atoms in total. The van der Waals surface area contributed by atoms with E-state index in [1.807, 2.05) is 72.0 Å². The van der Waals surface area contributed by atoms with Gasteiger partial charge in [0.25, 0.3) is 5.91 Å². The molecule has 0 radical (unpaired) electrons. The standard InChI is InChI=1S/C22H24N4O2/c1-16-15-17(2)26(24-16)20-8-4-3-7-19(20)22(27)25-13-10-18(11-14-25)28-21-9-5-6-12-23-21/h3-9,12,15,18H,10-11,13-14H2,1-2H3. The molecule has 1 aromatic carbocycles. The van der Waals surface area contributed by atoms with Crippen LogP contribution >= 0.6 is 0 Å². The first-order valence-electron chi connectivity index (χ1n) is 9.61. The van der Waals surface area contributed by atoms with Crippen molar-refractivity contribution in [2.24, 2.45) is 0 Å². The maximum atomic E-state index is 13.2. The van der Waals surface area contributed by atoms with Crippen molar-refractivity contribution in [3.63, 3.8) is 0 Å². The van der Waals surface area contributed by atoms with Gasteiger partial charge in [-0.3, -0.25) is 4.79 Å². The molecule has 1 saturated heterocycles. The Balaban J connectivity index is 1.47. The van der Waals surface area contributed by atoms with E-state index in [-0.39, 0.29) is 12.0 Å². The van der Waals surface area contributed by atoms with Crippen molar-refractivity contribution in [3.05, 3.63) is 71.7 Å². The summed E-state index contributed by atoms with van der Waals surface area (Å²) in [5, 5.41) is 4.55. The van der Waals surface area contributed by atoms with Crippen molar-refractivity contribution in [2.45, 2.75) is 32.8 Å². The number of hydrogen-bond donors (Lipinski definition) is 0. The third-order valence-electron chi connectivity index (χ3n) is 5.03. The molecule has 1 fully saturated rings. The molecule has 0 unspecified atom stereocenters. The van der Waals surface area contributed by atoms with E-state index in [1.54, 1.807) is 6.20 Å². The number of benzene rings is 1. The molecule has 28 heavy (non-hydrogen) atoms. The SMILES string of the molecule is Cc1cc(C)n(-c2ccccc2C(=O)N2CCC(Oc3ccccn3)CC2)n1. The van der Waals surface area contributed by atoms with Gasteiger partial charge >= 0.3 is 0 Å². The number of nitrogens with zero attached hydrogens (tertiary/aromatic N) is 4. The predicted octanol–water partition coefficient (Wildman–Crippen LogP) is 3.57. The normalized spacial score (nSPS) is 14.9. The van der Waals surface area contributed by atoms with Crippen LogP contribution in [0.1, 0.15) is 34.6 Å². The predicted molar refractivity (Wildman–Crippen MR) is 107 cm³/mol. The maximum absolute atomic E-state index is 13.2. The highest BCUT2D eigenvalue weighted by Crippen LogP contribution is 2.22. The summed E-state index contributed by atoms with van der Waals surface area (Å²) in [5.74, 6) is 0.682. The number of ether oxygens (including phenoxy) is 1. The highest BCUT2D eigenvalue weighted by Gasteiger charge is 2.26. The van der Waals surface area contributed by atoms with Crippen LogP contribution in [0.5, 0.6) is 5.88 Å². The van der Waals surface area contributed by atoms with Gasteiger partial charge < -0.3 is 9.64 Å². The first-order chi connectivity index (χ1) is 13.6. The van der Waals surface area contributed by atoms with E-state index in [0.717, 1.165) is 29.9 Å². The second-order valence-electron chi connectivity index (χ2n) is 7.13. The molecule has 1 aliphatic heterocycles. The van der Waals surface area contributed by atoms with E-state index in [4.69, 9.17) is 4.74 Å². The number of carbonyl (C=O) groups is 1. The molecule has 3 aromatic rings. The second kappa shape index (κ2) is 7.84. The minimum Gasteiger partial charge on any atom is -0.474 e. The molecule has 1 amide bonds. The minimum absolute atomic E-state index is 0.0411. The lowest BCUT2D eigenvalue weighted by Gasteiger charge is -2.32. The third-order valence-corrected chi connectivity index (χ3v) is 5.03. The molecule has 3 heterocycles. The fraction of sp³-hybridized carbons (Fsp3) is 0.318. The number of para-hydroxylation sites is 1. The van der Waals surface area contributed by atoms with Gasteiger partial charge in [-0.2, -0.15) is 5.10 Å². The number of rotatable bonds is 4. The largest absolute Gasteiger partial charge is 0.474 e. The second-order valence-corrected chi connectivity index (χ2v) is 7.13. The van der Waals surface area contributed by atoms with Crippen LogP contribution in [0.3, 0.4) is 0 Å². The smallest absolute Gasteiger partial charge is 0.256 e. The number of piperidine rings is 1. The first kappa shape index (κ1) is 18.2. The van der Waals surface area contributed by atoms with Crippen molar-refractivity contribution in [3.8, 4) is 11.6 Å². The van der Waals surface area contributed by atoms with Gasteiger partial charge in [-0.25, -0.2) is 9.67 Å². The lowest BCUT2D eigenvalue weighted by Crippen LogP contribution is -2.42. The van der Waals surface area contributed by atoms with Crippen molar-refractivity contribution >= 4 is 5.91 Å². The Morgan fingerprint density at radius 3 is 2.50 bits per heavy atom. The van der Waals surface area contributed by atoms with Crippen molar-refractivity contribution in [1.82, 2.24) is 19.7 Å². The van der Waals surface area contributed by atoms with Crippen LogP contribution in [0, 0.1) is 13.8 Å². The average molecular weight is 376 g/mol. The molecule has 2 aromatic heterocycles. The molecule has 6 heteroatoms. The number of likely N-dealkylation sites (tertiary alicyclic amines) is 1. The Bertz CT molecular complexity index is 960. The number of amides is 1. The summed E-state index contributed by atoms with van der Waals surface area (Å²) in [7, 11) is 0. The van der Waals surface area contributed by atoms with E-state index < -0.39 is 0 Å². The Hall–Kier alpha value is -3.15. The average Bonchev–Trinajstić information content (AvgIpc) is 3.07. The van der Waals surface area contributed by atoms with E-state index in [2.05, 4.69) is 10.1 Å². The molecular weight excluding hydrogens is 352 g/mol. The molecule has 0 atom stereocenters. The summed E-state index contributed by atoms with van der Waals surface area (Å²) < 4.78 is 7.78. The van der Waals surface area contributed by atoms with Gasteiger partial charge in [0.1, 0.15) is 6.10 Å². The van der Waals surface area contributed by atoms with Gasteiger partial charge in [0.05, 0.1) is 16.9 Å². The Labute approximate surface area is 164 Å². The van der Waals surface area contributed by atoms with Gasteiger partial charge in [-0.15, -0.1) is 0 Å². The Morgan fingerprint density at radius 1 is 1.07 bits per heavy atom. The van der Waals surface area contributed by atoms with Gasteiger partial charge in [0, 0.05) is 43.9 Å². The lowest BCUT2D eigenvalue weighted by atomic mass is 10.1. The van der Waals surface area contributed by atoms with Crippen LogP contribution in [0.2, 0.25) is 0 Å². The van der Waals surface area contributed by atoms with Gasteiger partial charge in [0.15, 0.2) is 0 Å². The zero-order valence-corrected chi connectivity index (χ0v) is 16.2. The molecule has 0 aliphatic carbocycles. The van der Waals surface area contributed by atoms with Crippen molar-refractivity contribution < 1.29 is 9.53 Å². The van der Waals surface area contributed by atoms with Crippen LogP contribution in [-0.4, -0.2) is 44.8 Å². The number of hydrogen-bond acceptors (Lipinski definition) is 4. The van der Waals surface area contributed by atoms with Crippen LogP contribution in [-0.2, 0) is 0 Å². The lowest BCUT2D eigenvalue weighted by molar-refractivity contribution is 0.0588. The van der Waals surface area contributed by atoms with Crippen molar-refractivity contribution in [1.29, 1.82) is 0 Å². The number of carbonyl (C=O) groups excluding carboxylic acids is 1. The fourth-order valence-electron chi connectivity index (χ4n) is 3.65. The van der Waals surface area contributed by atoms with E-state index in [9.17, 15) is 4.79 Å². The van der Waals surface area contributed by atoms with E-state index in [0.29, 0.717) is 24.5 Å². The van der Waals surface area contributed by atoms with Gasteiger partial charge in [-0.05, 0) is 38.1 Å². The zero-order valence-electron chi connectivity index (χ0n) is 16.2. The highest BCUT2D eigenvalue weighted by atomic mass is 16.5. The van der Waals surface area contributed by atoms with Crippen LogP contribution < -0.4 is 4.74 Å². The van der Waals surface area contributed by atoms with Gasteiger partial charge in [0.2, 0.25) is 5.88 Å². The highest BCUT2D eigenvalue weighted by molar-refractivity contribution is 5.97. The Kier molecular flexibility index (Phi) is 5.10. The number of pyridine rings is 1. The van der Waals surface area contributed by atoms with Crippen LogP contribution in [0.15, 0.2) is 54.7 Å². The minimum atomic E-state index is 0.0411. The molecule has 4 rings (SSSR count). The number of aryl methyl sites for hydroxylation is 2. The Morgan fingerprint density at radius 2 is 1.82 bits per heavy atom. The summed E-state index contributed by atoms with van der Waals surface area (Å²) in [6.07, 6.45) is 3.41. The van der Waals surface area contributed by atoms with Crippen LogP contribution in [0.4, 0.5) is 0 Å². The molecule has 0 saturated carbocycles. The zero-order chi connectivity index (χ0) is 19.5. The first-order valence-corrected chi connectivity index (χ1v) is 9.61. The van der Waals surface area contributed by atoms with Crippen LogP contribution in [0.25, 0.3) is 5.69 Å². The summed E-state index contributed by atoms with van der Waals surface area (Å²) in [6.45, 7) is 5.30. The molecule has 0 spiro atoms. The monoisotopic (exact) mass is 376 g/mol.